The first-order valence-corrected chi connectivity index (χ1v) is 6.08. The fourth-order valence-electron chi connectivity index (χ4n) is 1.72. The number of nitrogens with one attached hydrogen (secondary N) is 1. The lowest BCUT2D eigenvalue weighted by molar-refractivity contribution is -0.137. The molecule has 2 aromatic rings. The van der Waals surface area contributed by atoms with Gasteiger partial charge in [0, 0.05) is 6.54 Å². The van der Waals surface area contributed by atoms with Crippen molar-refractivity contribution in [2.45, 2.75) is 12.3 Å². The molecule has 0 bridgehead atoms. The highest BCUT2D eigenvalue weighted by molar-refractivity contribution is 6.33. The number of aliphatic hydroxyl groups is 1. The Bertz CT molecular complexity index is 569. The number of anilines is 1. The van der Waals surface area contributed by atoms with Gasteiger partial charge in [-0.15, -0.1) is 0 Å². The van der Waals surface area contributed by atoms with Crippen molar-refractivity contribution in [1.29, 1.82) is 0 Å². The normalized spacial score (nSPS) is 13.2. The summed E-state index contributed by atoms with van der Waals surface area (Å²) in [7, 11) is 0. The van der Waals surface area contributed by atoms with Gasteiger partial charge in [-0.3, -0.25) is 0 Å². The van der Waals surface area contributed by atoms with Crippen molar-refractivity contribution in [2.24, 2.45) is 0 Å². The Labute approximate surface area is 118 Å². The van der Waals surface area contributed by atoms with Crippen molar-refractivity contribution >= 4 is 17.3 Å². The molecule has 0 spiro atoms. The molecule has 0 aliphatic heterocycles. The van der Waals surface area contributed by atoms with Crippen molar-refractivity contribution in [3.63, 3.8) is 0 Å². The van der Waals surface area contributed by atoms with Crippen LogP contribution in [0.2, 0.25) is 5.02 Å². The summed E-state index contributed by atoms with van der Waals surface area (Å²) in [5, 5.41) is 12.2. The van der Waals surface area contributed by atoms with Gasteiger partial charge in [0.1, 0.15) is 11.9 Å². The van der Waals surface area contributed by atoms with Crippen molar-refractivity contribution in [2.75, 3.05) is 11.9 Å². The fraction of sp³-hybridized carbons (Fsp3) is 0.231. The van der Waals surface area contributed by atoms with Crippen molar-refractivity contribution in [3.8, 4) is 0 Å². The SMILES string of the molecule is OC(CNc1c(Cl)cccc1C(F)(F)F)c1ccco1. The first kappa shape index (κ1) is 14.7. The van der Waals surface area contributed by atoms with E-state index in [4.69, 9.17) is 16.0 Å². The number of halogens is 4. The topological polar surface area (TPSA) is 45.4 Å². The van der Waals surface area contributed by atoms with Crippen LogP contribution in [0.5, 0.6) is 0 Å². The maximum atomic E-state index is 12.8. The number of hydrogen-bond acceptors (Lipinski definition) is 3. The van der Waals surface area contributed by atoms with Gasteiger partial charge in [0.25, 0.3) is 0 Å². The number of para-hydroxylation sites is 1. The summed E-state index contributed by atoms with van der Waals surface area (Å²) in [6, 6.07) is 6.60. The number of hydrogen-bond donors (Lipinski definition) is 2. The molecular weight excluding hydrogens is 295 g/mol. The summed E-state index contributed by atoms with van der Waals surface area (Å²) < 4.78 is 43.5. The zero-order chi connectivity index (χ0) is 14.8. The summed E-state index contributed by atoms with van der Waals surface area (Å²) in [6.07, 6.45) is -4.22. The maximum absolute atomic E-state index is 12.8. The van der Waals surface area contributed by atoms with Gasteiger partial charge < -0.3 is 14.8 Å². The standard InChI is InChI=1S/C13H11ClF3NO2/c14-9-4-1-3-8(13(15,16)17)12(9)18-7-10(19)11-5-2-6-20-11/h1-6,10,18-19H,7H2. The molecule has 1 heterocycles. The lowest BCUT2D eigenvalue weighted by atomic mass is 10.1. The van der Waals surface area contributed by atoms with Gasteiger partial charge in [-0.05, 0) is 24.3 Å². The molecule has 2 N–H and O–H groups in total. The third-order valence-corrected chi connectivity index (χ3v) is 2.98. The highest BCUT2D eigenvalue weighted by atomic mass is 35.5. The third-order valence-electron chi connectivity index (χ3n) is 2.66. The van der Waals surface area contributed by atoms with Crippen LogP contribution in [0.1, 0.15) is 17.4 Å². The molecule has 108 valence electrons. The minimum atomic E-state index is -4.52. The second-order valence-corrected chi connectivity index (χ2v) is 4.48. The third kappa shape index (κ3) is 3.26. The zero-order valence-corrected chi connectivity index (χ0v) is 10.9. The molecule has 2 rings (SSSR count). The smallest absolute Gasteiger partial charge is 0.418 e. The lowest BCUT2D eigenvalue weighted by Crippen LogP contribution is -2.16. The summed E-state index contributed by atoms with van der Waals surface area (Å²) >= 11 is 5.78. The van der Waals surface area contributed by atoms with Gasteiger partial charge in [-0.2, -0.15) is 13.2 Å². The van der Waals surface area contributed by atoms with Gasteiger partial charge in [-0.25, -0.2) is 0 Å². The van der Waals surface area contributed by atoms with E-state index in [0.717, 1.165) is 6.07 Å². The predicted octanol–water partition coefficient (Wildman–Crippen LogP) is 4.10. The number of rotatable bonds is 4. The number of furan rings is 1. The van der Waals surface area contributed by atoms with Crippen molar-refractivity contribution in [1.82, 2.24) is 0 Å². The molecule has 1 unspecified atom stereocenters. The van der Waals surface area contributed by atoms with Crippen LogP contribution in [0.3, 0.4) is 0 Å². The summed E-state index contributed by atoms with van der Waals surface area (Å²) in [4.78, 5) is 0. The van der Waals surface area contributed by atoms with E-state index in [1.165, 1.54) is 24.5 Å². The van der Waals surface area contributed by atoms with E-state index in [0.29, 0.717) is 0 Å². The van der Waals surface area contributed by atoms with Crippen molar-refractivity contribution in [3.05, 3.63) is 52.9 Å². The van der Waals surface area contributed by atoms with Gasteiger partial charge in [0.2, 0.25) is 0 Å². The zero-order valence-electron chi connectivity index (χ0n) is 10.1. The van der Waals surface area contributed by atoms with Gasteiger partial charge in [0.15, 0.2) is 0 Å². The van der Waals surface area contributed by atoms with E-state index >= 15 is 0 Å². The monoisotopic (exact) mass is 305 g/mol. The van der Waals surface area contributed by atoms with Gasteiger partial charge in [-0.1, -0.05) is 17.7 Å². The Morgan fingerprint density at radius 3 is 2.60 bits per heavy atom. The molecule has 20 heavy (non-hydrogen) atoms. The molecule has 0 aliphatic carbocycles. The summed E-state index contributed by atoms with van der Waals surface area (Å²) in [6.45, 7) is -0.152. The average molecular weight is 306 g/mol. The van der Waals surface area contributed by atoms with Crippen LogP contribution in [-0.2, 0) is 6.18 Å². The molecule has 0 radical (unpaired) electrons. The van der Waals surface area contributed by atoms with Crippen LogP contribution in [0.4, 0.5) is 18.9 Å². The Hall–Kier alpha value is -1.66. The molecule has 7 heteroatoms. The van der Waals surface area contributed by atoms with E-state index in [2.05, 4.69) is 5.32 Å². The molecule has 0 fully saturated rings. The molecule has 0 saturated heterocycles. The molecular formula is C13H11ClF3NO2. The summed E-state index contributed by atoms with van der Waals surface area (Å²) in [5.41, 5.74) is -1.14. The first-order valence-electron chi connectivity index (χ1n) is 5.70. The summed E-state index contributed by atoms with van der Waals surface area (Å²) in [5.74, 6) is 0.262. The highest BCUT2D eigenvalue weighted by Crippen LogP contribution is 2.38. The molecule has 0 aliphatic rings. The van der Waals surface area contributed by atoms with E-state index in [-0.39, 0.29) is 23.0 Å². The Kier molecular flexibility index (Phi) is 4.25. The van der Waals surface area contributed by atoms with E-state index < -0.39 is 17.8 Å². The molecule has 0 saturated carbocycles. The average Bonchev–Trinajstić information content (AvgIpc) is 2.89. The van der Waals surface area contributed by atoms with Crippen LogP contribution in [0, 0.1) is 0 Å². The van der Waals surface area contributed by atoms with Gasteiger partial charge >= 0.3 is 6.18 Å². The van der Waals surface area contributed by atoms with Crippen molar-refractivity contribution < 1.29 is 22.7 Å². The van der Waals surface area contributed by atoms with Crippen LogP contribution < -0.4 is 5.32 Å². The molecule has 1 aromatic heterocycles. The molecule has 3 nitrogen and oxygen atoms in total. The van der Waals surface area contributed by atoms with Crippen LogP contribution in [-0.4, -0.2) is 11.7 Å². The van der Waals surface area contributed by atoms with E-state index in [9.17, 15) is 18.3 Å². The number of alkyl halides is 3. The molecule has 1 aromatic carbocycles. The Balaban J connectivity index is 2.17. The largest absolute Gasteiger partial charge is 0.467 e. The first-order chi connectivity index (χ1) is 9.39. The Morgan fingerprint density at radius 2 is 2.00 bits per heavy atom. The second kappa shape index (κ2) is 5.76. The fourth-order valence-corrected chi connectivity index (χ4v) is 1.96. The molecule has 0 amide bonds. The van der Waals surface area contributed by atoms with Crippen LogP contribution in [0.15, 0.2) is 41.0 Å². The van der Waals surface area contributed by atoms with E-state index in [1.807, 2.05) is 0 Å². The van der Waals surface area contributed by atoms with Crippen LogP contribution >= 0.6 is 11.6 Å². The van der Waals surface area contributed by atoms with Gasteiger partial charge in [0.05, 0.1) is 22.5 Å². The minimum Gasteiger partial charge on any atom is -0.467 e. The Morgan fingerprint density at radius 1 is 1.25 bits per heavy atom. The molecule has 1 atom stereocenters. The van der Waals surface area contributed by atoms with Crippen LogP contribution in [0.25, 0.3) is 0 Å². The predicted molar refractivity (Wildman–Crippen MR) is 68.6 cm³/mol. The lowest BCUT2D eigenvalue weighted by Gasteiger charge is -2.17. The maximum Gasteiger partial charge on any atom is 0.418 e. The second-order valence-electron chi connectivity index (χ2n) is 4.07. The van der Waals surface area contributed by atoms with E-state index in [1.54, 1.807) is 6.07 Å². The number of aliphatic hydroxyl groups excluding tert-OH is 1. The highest BCUT2D eigenvalue weighted by Gasteiger charge is 2.34. The number of benzene rings is 1. The quantitative estimate of drug-likeness (QED) is 0.894. The minimum absolute atomic E-state index is 0.0635.